The van der Waals surface area contributed by atoms with Gasteiger partial charge in [0.25, 0.3) is 0 Å². The van der Waals surface area contributed by atoms with E-state index in [4.69, 9.17) is 19.2 Å². The minimum atomic E-state index is -0.139. The zero-order valence-corrected chi connectivity index (χ0v) is 33.3. The Morgan fingerprint density at radius 1 is 0.804 bits per heavy atom. The number of ether oxygens (including phenoxy) is 3. The first kappa shape index (κ1) is 39.8. The molecule has 4 aromatic rings. The third-order valence-corrected chi connectivity index (χ3v) is 12.8. The number of carbonyl (C=O) groups is 2. The summed E-state index contributed by atoms with van der Waals surface area (Å²) in [6.07, 6.45) is 15.4. The summed E-state index contributed by atoms with van der Waals surface area (Å²) in [5, 5.41) is 11.5. The predicted octanol–water partition coefficient (Wildman–Crippen LogP) is 7.25. The molecule has 300 valence electrons. The molecule has 1 saturated carbocycles. The summed E-state index contributed by atoms with van der Waals surface area (Å²) in [5.41, 5.74) is 2.01. The average Bonchev–Trinajstić information content (AvgIpc) is 3.89. The zero-order chi connectivity index (χ0) is 39.1. The van der Waals surface area contributed by atoms with Crippen LogP contribution in [0, 0.1) is 23.2 Å². The number of aromatic hydroxyl groups is 1. The summed E-state index contributed by atoms with van der Waals surface area (Å²) in [6.45, 7) is 9.52. The Kier molecular flexibility index (Phi) is 13.0. The number of unbranched alkanes of at least 4 members (excludes halogenated alkanes) is 2. The van der Waals surface area contributed by atoms with Gasteiger partial charge in [-0.05, 0) is 112 Å². The first-order valence-electron chi connectivity index (χ1n) is 20.7. The maximum absolute atomic E-state index is 12.9. The van der Waals surface area contributed by atoms with Crippen molar-refractivity contribution in [2.24, 2.45) is 23.2 Å². The van der Waals surface area contributed by atoms with Gasteiger partial charge in [0.2, 0.25) is 0 Å². The lowest BCUT2D eigenvalue weighted by Gasteiger charge is -2.41. The van der Waals surface area contributed by atoms with Gasteiger partial charge in [-0.25, -0.2) is 19.9 Å². The van der Waals surface area contributed by atoms with Crippen molar-refractivity contribution in [2.75, 3.05) is 39.9 Å². The number of phenols is 1. The maximum atomic E-state index is 12.9. The molecule has 0 amide bonds. The van der Waals surface area contributed by atoms with Gasteiger partial charge in [-0.15, -0.1) is 0 Å². The molecule has 3 aliphatic rings. The van der Waals surface area contributed by atoms with E-state index in [0.717, 1.165) is 97.2 Å². The maximum Gasteiger partial charge on any atom is 0.310 e. The molecule has 56 heavy (non-hydrogen) atoms. The molecule has 2 saturated heterocycles. The van der Waals surface area contributed by atoms with Crippen LogP contribution in [0.3, 0.4) is 0 Å². The van der Waals surface area contributed by atoms with E-state index in [2.05, 4.69) is 44.7 Å². The minimum absolute atomic E-state index is 0.0678. The lowest BCUT2D eigenvalue weighted by molar-refractivity contribution is -0.148. The van der Waals surface area contributed by atoms with Gasteiger partial charge >= 0.3 is 11.9 Å². The van der Waals surface area contributed by atoms with Gasteiger partial charge in [0.05, 0.1) is 55.8 Å². The van der Waals surface area contributed by atoms with Crippen molar-refractivity contribution in [1.29, 1.82) is 0 Å². The molecule has 2 aliphatic heterocycles. The number of aromatic nitrogens is 4. The summed E-state index contributed by atoms with van der Waals surface area (Å²) in [5.74, 6) is 2.85. The number of esters is 2. The van der Waals surface area contributed by atoms with Crippen LogP contribution in [-0.2, 0) is 32.2 Å². The summed E-state index contributed by atoms with van der Waals surface area (Å²) in [6, 6.07) is 11.2. The molecule has 1 aliphatic carbocycles. The van der Waals surface area contributed by atoms with Crippen molar-refractivity contribution in [1.82, 2.24) is 29.7 Å². The Bertz CT molecular complexity index is 1970. The first-order chi connectivity index (χ1) is 27.2. The van der Waals surface area contributed by atoms with Gasteiger partial charge in [0.15, 0.2) is 0 Å². The molecule has 0 spiro atoms. The molecular weight excluding hydrogens is 709 g/mol. The molecule has 0 radical (unpaired) electrons. The monoisotopic (exact) mass is 766 g/mol. The van der Waals surface area contributed by atoms with Gasteiger partial charge in [-0.2, -0.15) is 0 Å². The number of rotatable bonds is 16. The van der Waals surface area contributed by atoms with Crippen LogP contribution in [0.15, 0.2) is 48.8 Å². The second kappa shape index (κ2) is 18.2. The van der Waals surface area contributed by atoms with Gasteiger partial charge in [0, 0.05) is 36.3 Å². The first-order valence-corrected chi connectivity index (χ1v) is 20.7. The Hall–Kier alpha value is -4.42. The van der Waals surface area contributed by atoms with Gasteiger partial charge in [-0.3, -0.25) is 19.4 Å². The third kappa shape index (κ3) is 9.92. The van der Waals surface area contributed by atoms with Crippen LogP contribution in [-0.4, -0.2) is 92.8 Å². The van der Waals surface area contributed by atoms with E-state index < -0.39 is 0 Å². The quantitative estimate of drug-likeness (QED) is 0.0907. The fraction of sp³-hybridized carbons (Fsp3) is 0.591. The molecular formula is C44H58N6O6. The smallest absolute Gasteiger partial charge is 0.310 e. The van der Waals surface area contributed by atoms with Gasteiger partial charge < -0.3 is 19.3 Å². The summed E-state index contributed by atoms with van der Waals surface area (Å²) < 4.78 is 17.2. The molecule has 1 N–H and O–H groups in total. The number of hydrogen-bond donors (Lipinski definition) is 1. The van der Waals surface area contributed by atoms with Crippen LogP contribution >= 0.6 is 0 Å². The van der Waals surface area contributed by atoms with Crippen LogP contribution in [0.1, 0.15) is 96.1 Å². The highest BCUT2D eigenvalue weighted by molar-refractivity contribution is 5.80. The molecule has 12 heteroatoms. The Labute approximate surface area is 330 Å². The average molecular weight is 767 g/mol. The van der Waals surface area contributed by atoms with Crippen LogP contribution in [0.5, 0.6) is 11.5 Å². The van der Waals surface area contributed by atoms with Gasteiger partial charge in [0.1, 0.15) is 23.1 Å². The second-order valence-electron chi connectivity index (χ2n) is 16.6. The lowest BCUT2D eigenvalue weighted by atomic mass is 9.65. The highest BCUT2D eigenvalue weighted by Gasteiger charge is 2.36. The van der Waals surface area contributed by atoms with E-state index in [1.807, 2.05) is 18.3 Å². The van der Waals surface area contributed by atoms with E-state index >= 15 is 0 Å². The summed E-state index contributed by atoms with van der Waals surface area (Å²) >= 11 is 0. The molecule has 0 bridgehead atoms. The van der Waals surface area contributed by atoms with Crippen molar-refractivity contribution >= 4 is 33.7 Å². The number of likely N-dealkylation sites (tertiary alicyclic amines) is 2. The van der Waals surface area contributed by atoms with E-state index in [9.17, 15) is 14.7 Å². The number of nitrogens with zero attached hydrogens (tertiary/aromatic N) is 6. The number of hydrogen-bond acceptors (Lipinski definition) is 12. The Morgan fingerprint density at radius 3 is 2.07 bits per heavy atom. The number of methoxy groups -OCH3 is 1. The zero-order valence-electron chi connectivity index (χ0n) is 33.3. The normalized spacial score (nSPS) is 23.0. The van der Waals surface area contributed by atoms with Crippen LogP contribution in [0.2, 0.25) is 0 Å². The molecule has 2 aromatic heterocycles. The van der Waals surface area contributed by atoms with Crippen LogP contribution in [0.4, 0.5) is 0 Å². The SMILES string of the molecule is CCC(C)(CCCCCOC(=O)[C@@H]1CCN(Cc2ncc3cc(O)ccc3n2)C1)C1CCC(Oc2ccc3nc(CN4CC[C@@H](C(=O)OC)C4)ncc3c2)CC1. The third-order valence-electron chi connectivity index (χ3n) is 12.8. The van der Waals surface area contributed by atoms with E-state index in [1.54, 1.807) is 24.4 Å². The highest BCUT2D eigenvalue weighted by Crippen LogP contribution is 2.45. The van der Waals surface area contributed by atoms with Crippen LogP contribution in [0.25, 0.3) is 21.8 Å². The Balaban J connectivity index is 0.781. The molecule has 12 nitrogen and oxygen atoms in total. The van der Waals surface area contributed by atoms with Crippen molar-refractivity contribution in [2.45, 2.75) is 104 Å². The molecule has 3 fully saturated rings. The van der Waals surface area contributed by atoms with Gasteiger partial charge in [-0.1, -0.05) is 33.1 Å². The van der Waals surface area contributed by atoms with E-state index in [-0.39, 0.29) is 35.6 Å². The standard InChI is InChI=1S/C44H58N6O6/c1-4-44(2,18-6-5-7-21-55-43(53)31-17-20-50(27-31)29-40-45-24-32-22-35(51)10-14-38(32)47-40)34-8-11-36(12-9-34)56-37-13-15-39-33(23-37)25-46-41(48-39)28-49-19-16-30(26-49)42(52)54-3/h10,13-15,22-25,30-31,34,36,51H,4-9,11-12,16-21,26-29H2,1-3H3/t30-,31-,34?,36?,44?/m1/s1. The fourth-order valence-electron chi connectivity index (χ4n) is 9.08. The van der Waals surface area contributed by atoms with Crippen molar-refractivity contribution in [3.8, 4) is 11.5 Å². The van der Waals surface area contributed by atoms with Crippen LogP contribution < -0.4 is 4.74 Å². The molecule has 4 heterocycles. The second-order valence-corrected chi connectivity index (χ2v) is 16.6. The predicted molar refractivity (Wildman–Crippen MR) is 214 cm³/mol. The summed E-state index contributed by atoms with van der Waals surface area (Å²) in [4.78, 5) is 47.7. The largest absolute Gasteiger partial charge is 0.508 e. The summed E-state index contributed by atoms with van der Waals surface area (Å²) in [7, 11) is 1.45. The minimum Gasteiger partial charge on any atom is -0.508 e. The molecule has 7 rings (SSSR count). The number of phenolic OH excluding ortho intramolecular Hbond substituents is 1. The van der Waals surface area contributed by atoms with Crippen molar-refractivity contribution in [3.05, 3.63) is 60.4 Å². The van der Waals surface area contributed by atoms with Crippen molar-refractivity contribution < 1.29 is 28.9 Å². The molecule has 2 aromatic carbocycles. The topological polar surface area (TPSA) is 140 Å². The van der Waals surface area contributed by atoms with E-state index in [0.29, 0.717) is 44.1 Å². The lowest BCUT2D eigenvalue weighted by Crippen LogP contribution is -2.33. The van der Waals surface area contributed by atoms with E-state index in [1.165, 1.54) is 32.8 Å². The fourth-order valence-corrected chi connectivity index (χ4v) is 9.08. The Morgan fingerprint density at radius 2 is 1.43 bits per heavy atom. The molecule has 1 unspecified atom stereocenters. The number of fused-ring (bicyclic) bond motifs is 2. The van der Waals surface area contributed by atoms with Crippen molar-refractivity contribution in [3.63, 3.8) is 0 Å². The highest BCUT2D eigenvalue weighted by atomic mass is 16.5. The number of benzene rings is 2. The number of carbonyl (C=O) groups excluding carboxylic acids is 2. The molecule has 3 atom stereocenters.